The van der Waals surface area contributed by atoms with Crippen LogP contribution in [0.3, 0.4) is 0 Å². The molecule has 0 atom stereocenters. The maximum Gasteiger partial charge on any atom is 0.573 e. The van der Waals surface area contributed by atoms with Crippen LogP contribution >= 0.6 is 0 Å². The molecule has 1 heterocycles. The molecule has 1 amide bonds. The van der Waals surface area contributed by atoms with Crippen LogP contribution in [0.25, 0.3) is 0 Å². The maximum absolute atomic E-state index is 13.1. The van der Waals surface area contributed by atoms with Crippen LogP contribution in [-0.4, -0.2) is 43.6 Å². The summed E-state index contributed by atoms with van der Waals surface area (Å²) >= 11 is 0. The molecule has 0 aromatic heterocycles. The zero-order valence-corrected chi connectivity index (χ0v) is 19.1. The van der Waals surface area contributed by atoms with Crippen molar-refractivity contribution in [2.45, 2.75) is 68.2 Å². The molecule has 1 aromatic carbocycles. The van der Waals surface area contributed by atoms with E-state index < -0.39 is 27.0 Å². The fourth-order valence-corrected chi connectivity index (χ4v) is 8.58. The highest BCUT2D eigenvalue weighted by atomic mass is 32.2. The van der Waals surface area contributed by atoms with Gasteiger partial charge in [-0.25, -0.2) is 8.42 Å². The number of alkyl halides is 3. The highest BCUT2D eigenvalue weighted by Crippen LogP contribution is 2.55. The lowest BCUT2D eigenvalue weighted by atomic mass is 9.53. The summed E-state index contributed by atoms with van der Waals surface area (Å²) in [5.74, 6) is 1.10. The number of benzene rings is 1. The van der Waals surface area contributed by atoms with Gasteiger partial charge < -0.3 is 10.1 Å². The molecule has 1 aliphatic heterocycles. The standard InChI is InChI=1S/C23H29F3N2O4S/c24-23(25,26)32-19-3-1-2-4-20(19)33(30,31)28-7-5-18(6-8-28)21(29)27-22-12-15-9-16(13-22)11-17(10-15)14-22/h1-4,15-18H,5-14H2,(H,27,29). The van der Waals surface area contributed by atoms with Crippen LogP contribution in [-0.2, 0) is 14.8 Å². The first-order valence-corrected chi connectivity index (χ1v) is 13.1. The number of para-hydroxylation sites is 1. The van der Waals surface area contributed by atoms with E-state index in [4.69, 9.17) is 0 Å². The van der Waals surface area contributed by atoms with Gasteiger partial charge in [0, 0.05) is 24.5 Å². The van der Waals surface area contributed by atoms with E-state index in [-0.39, 0.29) is 30.5 Å². The van der Waals surface area contributed by atoms with Gasteiger partial charge in [-0.05, 0) is 81.3 Å². The van der Waals surface area contributed by atoms with Gasteiger partial charge in [-0.15, -0.1) is 13.2 Å². The molecule has 182 valence electrons. The van der Waals surface area contributed by atoms with Crippen molar-refractivity contribution in [3.63, 3.8) is 0 Å². The number of carbonyl (C=O) groups is 1. The van der Waals surface area contributed by atoms with E-state index in [1.807, 2.05) is 0 Å². The third kappa shape index (κ3) is 4.60. The van der Waals surface area contributed by atoms with Gasteiger partial charge in [0.2, 0.25) is 15.9 Å². The summed E-state index contributed by atoms with van der Waals surface area (Å²) in [7, 11) is -4.18. The lowest BCUT2D eigenvalue weighted by Crippen LogP contribution is -2.61. The summed E-state index contributed by atoms with van der Waals surface area (Å²) < 4.78 is 69.4. The molecule has 0 radical (unpaired) electrons. The fourth-order valence-electron chi connectivity index (χ4n) is 7.00. The SMILES string of the molecule is O=C(NC12CC3CC(CC(C3)C1)C2)C1CCN(S(=O)(=O)c2ccccc2OC(F)(F)F)CC1. The third-order valence-electron chi connectivity index (χ3n) is 7.94. The Bertz CT molecular complexity index is 983. The number of halogens is 3. The monoisotopic (exact) mass is 486 g/mol. The largest absolute Gasteiger partial charge is 0.573 e. The van der Waals surface area contributed by atoms with E-state index in [1.54, 1.807) is 0 Å². The number of hydrogen-bond acceptors (Lipinski definition) is 4. The molecule has 0 unspecified atom stereocenters. The van der Waals surface area contributed by atoms with Crippen LogP contribution in [0, 0.1) is 23.7 Å². The normalized spacial score (nSPS) is 32.6. The summed E-state index contributed by atoms with van der Waals surface area (Å²) in [5, 5.41) is 3.36. The second kappa shape index (κ2) is 8.15. The second-order valence-corrected chi connectivity index (χ2v) is 12.3. The molecule has 1 N–H and O–H groups in total. The number of carbonyl (C=O) groups excluding carboxylic acids is 1. The Labute approximate surface area is 191 Å². The van der Waals surface area contributed by atoms with Gasteiger partial charge in [0.05, 0.1) is 0 Å². The van der Waals surface area contributed by atoms with E-state index in [1.165, 1.54) is 31.4 Å². The molecule has 4 aliphatic carbocycles. The smallest absolute Gasteiger partial charge is 0.404 e. The van der Waals surface area contributed by atoms with Crippen molar-refractivity contribution in [2.24, 2.45) is 23.7 Å². The van der Waals surface area contributed by atoms with Gasteiger partial charge in [-0.1, -0.05) is 12.1 Å². The quantitative estimate of drug-likeness (QED) is 0.681. The summed E-state index contributed by atoms with van der Waals surface area (Å²) in [6.45, 7) is 0.170. The molecule has 6 rings (SSSR count). The van der Waals surface area contributed by atoms with Crippen molar-refractivity contribution in [1.82, 2.24) is 9.62 Å². The third-order valence-corrected chi connectivity index (χ3v) is 9.88. The Morgan fingerprint density at radius 2 is 1.55 bits per heavy atom. The van der Waals surface area contributed by atoms with Crippen molar-refractivity contribution in [2.75, 3.05) is 13.1 Å². The van der Waals surface area contributed by atoms with Gasteiger partial charge >= 0.3 is 6.36 Å². The Kier molecular flexibility index (Phi) is 5.67. The number of hydrogen-bond donors (Lipinski definition) is 1. The van der Waals surface area contributed by atoms with Crippen LogP contribution < -0.4 is 10.1 Å². The Balaban J connectivity index is 1.23. The van der Waals surface area contributed by atoms with E-state index in [0.29, 0.717) is 30.6 Å². The molecule has 1 saturated heterocycles. The minimum atomic E-state index is -4.99. The van der Waals surface area contributed by atoms with Crippen molar-refractivity contribution < 1.29 is 31.1 Å². The Morgan fingerprint density at radius 3 is 2.09 bits per heavy atom. The average molecular weight is 487 g/mol. The summed E-state index contributed by atoms with van der Waals surface area (Å²) in [6, 6.07) is 4.76. The molecule has 5 fully saturated rings. The van der Waals surface area contributed by atoms with Crippen LogP contribution in [0.15, 0.2) is 29.2 Å². The molecule has 33 heavy (non-hydrogen) atoms. The highest BCUT2D eigenvalue weighted by molar-refractivity contribution is 7.89. The van der Waals surface area contributed by atoms with E-state index in [2.05, 4.69) is 10.1 Å². The molecule has 6 nitrogen and oxygen atoms in total. The molecule has 4 bridgehead atoms. The number of nitrogens with zero attached hydrogens (tertiary/aromatic N) is 1. The van der Waals surface area contributed by atoms with Gasteiger partial charge in [0.25, 0.3) is 0 Å². The number of ether oxygens (including phenoxy) is 1. The van der Waals surface area contributed by atoms with Gasteiger partial charge in [-0.3, -0.25) is 4.79 Å². The minimum absolute atomic E-state index is 0.00481. The van der Waals surface area contributed by atoms with Crippen molar-refractivity contribution in [3.05, 3.63) is 24.3 Å². The van der Waals surface area contributed by atoms with Crippen molar-refractivity contribution in [1.29, 1.82) is 0 Å². The molecule has 5 aliphatic rings. The topological polar surface area (TPSA) is 75.7 Å². The van der Waals surface area contributed by atoms with Gasteiger partial charge in [0.1, 0.15) is 10.6 Å². The first-order chi connectivity index (χ1) is 15.5. The molecule has 4 saturated carbocycles. The molecule has 10 heteroatoms. The molecular weight excluding hydrogens is 457 g/mol. The summed E-state index contributed by atoms with van der Waals surface area (Å²) in [5.41, 5.74) is -0.0943. The van der Waals surface area contributed by atoms with Crippen molar-refractivity contribution >= 4 is 15.9 Å². The fraction of sp³-hybridized carbons (Fsp3) is 0.696. The van der Waals surface area contributed by atoms with Crippen LogP contribution in [0.1, 0.15) is 51.4 Å². The van der Waals surface area contributed by atoms with E-state index in [0.717, 1.165) is 35.7 Å². The lowest BCUT2D eigenvalue weighted by Gasteiger charge is -2.57. The van der Waals surface area contributed by atoms with Crippen LogP contribution in [0.2, 0.25) is 0 Å². The lowest BCUT2D eigenvalue weighted by molar-refractivity contribution is -0.275. The van der Waals surface area contributed by atoms with Gasteiger partial charge in [0.15, 0.2) is 0 Å². The predicted octanol–water partition coefficient (Wildman–Crippen LogP) is 4.07. The number of rotatable bonds is 5. The Morgan fingerprint density at radius 1 is 1.00 bits per heavy atom. The van der Waals surface area contributed by atoms with Crippen LogP contribution in [0.5, 0.6) is 5.75 Å². The maximum atomic E-state index is 13.1. The first kappa shape index (κ1) is 23.0. The summed E-state index contributed by atoms with van der Waals surface area (Å²) in [6.07, 6.45) is 2.70. The molecule has 1 aromatic rings. The Hall–Kier alpha value is -1.81. The van der Waals surface area contributed by atoms with Gasteiger partial charge in [-0.2, -0.15) is 4.31 Å². The predicted molar refractivity (Wildman–Crippen MR) is 114 cm³/mol. The second-order valence-electron chi connectivity index (χ2n) is 10.4. The highest BCUT2D eigenvalue weighted by Gasteiger charge is 2.52. The number of amides is 1. The summed E-state index contributed by atoms with van der Waals surface area (Å²) in [4.78, 5) is 12.6. The number of sulfonamides is 1. The number of nitrogens with one attached hydrogen (secondary N) is 1. The number of piperidine rings is 1. The zero-order chi connectivity index (χ0) is 23.4. The molecular formula is C23H29F3N2O4S. The van der Waals surface area contributed by atoms with Crippen LogP contribution in [0.4, 0.5) is 13.2 Å². The molecule has 0 spiro atoms. The van der Waals surface area contributed by atoms with E-state index in [9.17, 15) is 26.4 Å². The van der Waals surface area contributed by atoms with E-state index >= 15 is 0 Å². The minimum Gasteiger partial charge on any atom is -0.404 e. The average Bonchev–Trinajstić information content (AvgIpc) is 2.71. The first-order valence-electron chi connectivity index (χ1n) is 11.7. The van der Waals surface area contributed by atoms with Crippen molar-refractivity contribution in [3.8, 4) is 5.75 Å². The zero-order valence-electron chi connectivity index (χ0n) is 18.3.